The Kier molecular flexibility index (Phi) is 4.54. The second-order valence-corrected chi connectivity index (χ2v) is 7.09. The minimum absolute atomic E-state index is 0.101. The van der Waals surface area contributed by atoms with Crippen LogP contribution < -0.4 is 10.2 Å². The van der Waals surface area contributed by atoms with Gasteiger partial charge >= 0.3 is 0 Å². The fourth-order valence-corrected chi connectivity index (χ4v) is 3.56. The van der Waals surface area contributed by atoms with Gasteiger partial charge in [-0.3, -0.25) is 4.79 Å². The van der Waals surface area contributed by atoms with Crippen LogP contribution in [0.25, 0.3) is 0 Å². The average molecular weight is 379 g/mol. The molecule has 2 heterocycles. The van der Waals surface area contributed by atoms with E-state index in [0.717, 1.165) is 23.4 Å². The lowest BCUT2D eigenvalue weighted by atomic mass is 10.1. The number of anilines is 3. The highest BCUT2D eigenvalue weighted by molar-refractivity contribution is 6.31. The summed E-state index contributed by atoms with van der Waals surface area (Å²) in [5, 5.41) is 3.87. The Morgan fingerprint density at radius 3 is 2.74 bits per heavy atom. The molecule has 5 nitrogen and oxygen atoms in total. The molecule has 1 aromatic heterocycles. The summed E-state index contributed by atoms with van der Waals surface area (Å²) in [5.41, 5.74) is 4.25. The van der Waals surface area contributed by atoms with Crippen molar-refractivity contribution >= 4 is 34.7 Å². The Hall–Kier alpha value is -2.92. The summed E-state index contributed by atoms with van der Waals surface area (Å²) in [4.78, 5) is 23.5. The highest BCUT2D eigenvalue weighted by Gasteiger charge is 2.31. The van der Waals surface area contributed by atoms with E-state index in [9.17, 15) is 4.79 Å². The number of para-hydroxylation sites is 1. The van der Waals surface area contributed by atoms with Crippen molar-refractivity contribution in [2.24, 2.45) is 0 Å². The largest absolute Gasteiger partial charge is 0.339 e. The maximum absolute atomic E-state index is 13.0. The summed E-state index contributed by atoms with van der Waals surface area (Å²) < 4.78 is 0. The number of halogens is 1. The van der Waals surface area contributed by atoms with Crippen LogP contribution in [-0.2, 0) is 6.42 Å². The quantitative estimate of drug-likeness (QED) is 0.713. The van der Waals surface area contributed by atoms with Gasteiger partial charge in [0.15, 0.2) is 0 Å². The minimum Gasteiger partial charge on any atom is -0.339 e. The number of nitrogens with one attached hydrogen (secondary N) is 1. The molecule has 6 heteroatoms. The summed E-state index contributed by atoms with van der Waals surface area (Å²) in [6.07, 6.45) is 3.93. The number of rotatable bonds is 3. The molecule has 1 amide bonds. The summed E-state index contributed by atoms with van der Waals surface area (Å²) in [7, 11) is 0. The van der Waals surface area contributed by atoms with E-state index in [0.29, 0.717) is 16.5 Å². The minimum atomic E-state index is -0.134. The van der Waals surface area contributed by atoms with Crippen LogP contribution in [0.2, 0.25) is 5.02 Å². The molecule has 1 aliphatic rings. The molecule has 1 unspecified atom stereocenters. The Morgan fingerprint density at radius 2 is 1.96 bits per heavy atom. The molecular formula is C21H19ClN4O. The predicted molar refractivity (Wildman–Crippen MR) is 108 cm³/mol. The molecule has 0 saturated heterocycles. The average Bonchev–Trinajstić information content (AvgIpc) is 3.01. The fourth-order valence-electron chi connectivity index (χ4n) is 3.38. The highest BCUT2D eigenvalue weighted by Crippen LogP contribution is 2.33. The van der Waals surface area contributed by atoms with Crippen LogP contribution in [0.3, 0.4) is 0 Å². The van der Waals surface area contributed by atoms with Crippen molar-refractivity contribution in [2.75, 3.05) is 10.2 Å². The molecule has 136 valence electrons. The molecule has 0 saturated carbocycles. The van der Waals surface area contributed by atoms with Crippen LogP contribution in [0, 0.1) is 6.92 Å². The van der Waals surface area contributed by atoms with Crippen molar-refractivity contribution in [2.45, 2.75) is 26.3 Å². The van der Waals surface area contributed by atoms with Crippen LogP contribution in [-0.4, -0.2) is 21.9 Å². The van der Waals surface area contributed by atoms with E-state index in [1.54, 1.807) is 11.1 Å². The highest BCUT2D eigenvalue weighted by atomic mass is 35.5. The lowest BCUT2D eigenvalue weighted by Crippen LogP contribution is -2.36. The first-order valence-electron chi connectivity index (χ1n) is 8.80. The molecule has 0 aliphatic carbocycles. The Labute approximate surface area is 163 Å². The van der Waals surface area contributed by atoms with Crippen molar-refractivity contribution in [3.63, 3.8) is 0 Å². The summed E-state index contributed by atoms with van der Waals surface area (Å²) >= 11 is 6.15. The second-order valence-electron chi connectivity index (χ2n) is 6.68. The van der Waals surface area contributed by atoms with E-state index >= 15 is 0 Å². The first-order chi connectivity index (χ1) is 13.0. The van der Waals surface area contributed by atoms with E-state index in [1.807, 2.05) is 50.2 Å². The van der Waals surface area contributed by atoms with Crippen molar-refractivity contribution in [3.8, 4) is 0 Å². The zero-order chi connectivity index (χ0) is 19.0. The van der Waals surface area contributed by atoms with E-state index in [2.05, 4.69) is 21.4 Å². The van der Waals surface area contributed by atoms with Crippen molar-refractivity contribution in [1.29, 1.82) is 0 Å². The predicted octanol–water partition coefficient (Wildman–Crippen LogP) is 4.77. The molecule has 2 aromatic carbocycles. The van der Waals surface area contributed by atoms with Crippen molar-refractivity contribution in [3.05, 3.63) is 76.7 Å². The maximum atomic E-state index is 13.0. The molecule has 0 fully saturated rings. The Morgan fingerprint density at radius 1 is 1.15 bits per heavy atom. The molecule has 0 radical (unpaired) electrons. The molecule has 0 bridgehead atoms. The second kappa shape index (κ2) is 7.00. The van der Waals surface area contributed by atoms with Crippen LogP contribution in [0.5, 0.6) is 0 Å². The normalized spacial score (nSPS) is 15.5. The van der Waals surface area contributed by atoms with Crippen LogP contribution in [0.15, 0.2) is 54.9 Å². The molecule has 3 aromatic rings. The van der Waals surface area contributed by atoms with Gasteiger partial charge in [-0.1, -0.05) is 35.9 Å². The van der Waals surface area contributed by atoms with Gasteiger partial charge in [0.25, 0.3) is 5.91 Å². The van der Waals surface area contributed by atoms with E-state index < -0.39 is 0 Å². The van der Waals surface area contributed by atoms with Crippen molar-refractivity contribution < 1.29 is 4.79 Å². The summed E-state index contributed by atoms with van der Waals surface area (Å²) in [6.45, 7) is 3.98. The van der Waals surface area contributed by atoms with Gasteiger partial charge < -0.3 is 10.2 Å². The summed E-state index contributed by atoms with van der Waals surface area (Å²) in [6, 6.07) is 13.7. The number of amides is 1. The monoisotopic (exact) mass is 378 g/mol. The lowest BCUT2D eigenvalue weighted by molar-refractivity contribution is 0.0976. The lowest BCUT2D eigenvalue weighted by Gasteiger charge is -2.22. The number of nitrogens with zero attached hydrogens (tertiary/aromatic N) is 3. The Bertz CT molecular complexity index is 1000. The third-order valence-corrected chi connectivity index (χ3v) is 5.24. The number of benzene rings is 2. The zero-order valence-corrected chi connectivity index (χ0v) is 15.9. The van der Waals surface area contributed by atoms with E-state index in [1.165, 1.54) is 11.8 Å². The van der Waals surface area contributed by atoms with Gasteiger partial charge in [0.2, 0.25) is 0 Å². The summed E-state index contributed by atoms with van der Waals surface area (Å²) in [5.74, 6) is 0.428. The number of carbonyl (C=O) groups is 1. The zero-order valence-electron chi connectivity index (χ0n) is 15.1. The molecular weight excluding hydrogens is 360 g/mol. The van der Waals surface area contributed by atoms with Crippen LogP contribution >= 0.6 is 11.6 Å². The topological polar surface area (TPSA) is 58.1 Å². The number of hydrogen-bond donors (Lipinski definition) is 1. The SMILES string of the molecule is Cc1c(Cl)cccc1Nc1cnc(C(=O)N2c3ccccc3CC2C)cn1. The van der Waals surface area contributed by atoms with Gasteiger partial charge in [-0.15, -0.1) is 0 Å². The molecule has 1 N–H and O–H groups in total. The maximum Gasteiger partial charge on any atom is 0.278 e. The molecule has 1 aliphatic heterocycles. The molecule has 4 rings (SSSR count). The molecule has 1 atom stereocenters. The third-order valence-electron chi connectivity index (χ3n) is 4.83. The van der Waals surface area contributed by atoms with Gasteiger partial charge in [-0.05, 0) is 49.6 Å². The smallest absolute Gasteiger partial charge is 0.278 e. The third kappa shape index (κ3) is 3.26. The van der Waals surface area contributed by atoms with Gasteiger partial charge in [0.05, 0.1) is 12.4 Å². The number of aromatic nitrogens is 2. The van der Waals surface area contributed by atoms with Gasteiger partial charge in [0, 0.05) is 22.4 Å². The van der Waals surface area contributed by atoms with E-state index in [-0.39, 0.29) is 11.9 Å². The van der Waals surface area contributed by atoms with Crippen LogP contribution in [0.4, 0.5) is 17.2 Å². The van der Waals surface area contributed by atoms with Gasteiger partial charge in [0.1, 0.15) is 11.5 Å². The number of carbonyl (C=O) groups excluding carboxylic acids is 1. The molecule has 27 heavy (non-hydrogen) atoms. The van der Waals surface area contributed by atoms with Crippen molar-refractivity contribution in [1.82, 2.24) is 9.97 Å². The number of fused-ring (bicyclic) bond motifs is 1. The first kappa shape index (κ1) is 17.5. The number of hydrogen-bond acceptors (Lipinski definition) is 4. The van der Waals surface area contributed by atoms with Gasteiger partial charge in [-0.2, -0.15) is 0 Å². The fraction of sp³-hybridized carbons (Fsp3) is 0.190. The standard InChI is InChI=1S/C21H19ClN4O/c1-13-10-15-6-3-4-9-19(15)26(13)21(27)18-11-24-20(12-23-18)25-17-8-5-7-16(22)14(17)2/h3-9,11-13H,10H2,1-2H3,(H,24,25). The first-order valence-corrected chi connectivity index (χ1v) is 9.18. The van der Waals surface area contributed by atoms with Gasteiger partial charge in [-0.25, -0.2) is 9.97 Å². The molecule has 0 spiro atoms. The Balaban J connectivity index is 1.56. The van der Waals surface area contributed by atoms with E-state index in [4.69, 9.17) is 11.6 Å². The van der Waals surface area contributed by atoms with Crippen LogP contribution in [0.1, 0.15) is 28.5 Å².